The highest BCUT2D eigenvalue weighted by atomic mass is 19.1. The van der Waals surface area contributed by atoms with Crippen LogP contribution in [0.3, 0.4) is 0 Å². The minimum absolute atomic E-state index is 0.0768. The van der Waals surface area contributed by atoms with Crippen LogP contribution >= 0.6 is 0 Å². The minimum atomic E-state index is -0.653. The van der Waals surface area contributed by atoms with E-state index in [1.807, 2.05) is 6.92 Å². The summed E-state index contributed by atoms with van der Waals surface area (Å²) in [5.41, 5.74) is 0.703. The molecule has 0 aliphatic heterocycles. The number of halogens is 1. The molecule has 3 N–H and O–H groups in total. The molecule has 1 aromatic carbocycles. The van der Waals surface area contributed by atoms with Crippen LogP contribution in [-0.4, -0.2) is 29.4 Å². The Hall–Kier alpha value is -0.970. The van der Waals surface area contributed by atoms with Crippen LogP contribution in [0.25, 0.3) is 0 Å². The Morgan fingerprint density at radius 2 is 1.94 bits per heavy atom. The lowest BCUT2D eigenvalue weighted by molar-refractivity contribution is 0.124. The van der Waals surface area contributed by atoms with Crippen molar-refractivity contribution in [1.29, 1.82) is 0 Å². The zero-order valence-corrected chi connectivity index (χ0v) is 10.1. The standard InChI is InChI=1S/C13H20FNO2/c1-2-12(15-8-3-9-16)13(17)10-4-6-11(14)7-5-10/h4-7,12-13,15-17H,2-3,8-9H2,1H3. The number of hydrogen-bond donors (Lipinski definition) is 3. The minimum Gasteiger partial charge on any atom is -0.396 e. The first kappa shape index (κ1) is 14.1. The van der Waals surface area contributed by atoms with Gasteiger partial charge in [-0.2, -0.15) is 0 Å². The maximum absolute atomic E-state index is 12.8. The third kappa shape index (κ3) is 4.42. The van der Waals surface area contributed by atoms with Gasteiger partial charge in [-0.15, -0.1) is 0 Å². The molecule has 1 aromatic rings. The van der Waals surface area contributed by atoms with Crippen molar-refractivity contribution < 1.29 is 14.6 Å². The van der Waals surface area contributed by atoms with E-state index in [1.165, 1.54) is 12.1 Å². The van der Waals surface area contributed by atoms with Crippen LogP contribution in [0.2, 0.25) is 0 Å². The summed E-state index contributed by atoms with van der Waals surface area (Å²) in [7, 11) is 0. The van der Waals surface area contributed by atoms with E-state index >= 15 is 0 Å². The second-order valence-electron chi connectivity index (χ2n) is 4.04. The van der Waals surface area contributed by atoms with E-state index in [1.54, 1.807) is 12.1 Å². The second-order valence-corrected chi connectivity index (χ2v) is 4.04. The molecular formula is C13H20FNO2. The fourth-order valence-electron chi connectivity index (χ4n) is 1.74. The van der Waals surface area contributed by atoms with Crippen molar-refractivity contribution in [2.24, 2.45) is 0 Å². The second kappa shape index (κ2) is 7.37. The van der Waals surface area contributed by atoms with Gasteiger partial charge >= 0.3 is 0 Å². The highest BCUT2D eigenvalue weighted by Crippen LogP contribution is 2.19. The van der Waals surface area contributed by atoms with E-state index in [9.17, 15) is 9.50 Å². The third-order valence-electron chi connectivity index (χ3n) is 2.77. The van der Waals surface area contributed by atoms with Crippen molar-refractivity contribution >= 4 is 0 Å². The first-order valence-electron chi connectivity index (χ1n) is 5.96. The number of benzene rings is 1. The van der Waals surface area contributed by atoms with Crippen molar-refractivity contribution in [3.63, 3.8) is 0 Å². The largest absolute Gasteiger partial charge is 0.396 e. The Labute approximate surface area is 101 Å². The summed E-state index contributed by atoms with van der Waals surface area (Å²) in [6.45, 7) is 2.77. The van der Waals surface area contributed by atoms with Crippen LogP contribution in [-0.2, 0) is 0 Å². The quantitative estimate of drug-likeness (QED) is 0.636. The average molecular weight is 241 g/mol. The molecule has 0 saturated heterocycles. The van der Waals surface area contributed by atoms with Gasteiger partial charge in [0.05, 0.1) is 6.10 Å². The Balaban J connectivity index is 2.58. The van der Waals surface area contributed by atoms with Crippen molar-refractivity contribution in [2.75, 3.05) is 13.2 Å². The van der Waals surface area contributed by atoms with Crippen LogP contribution in [0.15, 0.2) is 24.3 Å². The fraction of sp³-hybridized carbons (Fsp3) is 0.538. The van der Waals surface area contributed by atoms with Crippen molar-refractivity contribution in [2.45, 2.75) is 31.9 Å². The molecule has 3 nitrogen and oxygen atoms in total. The lowest BCUT2D eigenvalue weighted by Crippen LogP contribution is -2.35. The SMILES string of the molecule is CCC(NCCCO)C(O)c1ccc(F)cc1. The molecule has 0 aliphatic rings. The van der Waals surface area contributed by atoms with Gasteiger partial charge in [0.2, 0.25) is 0 Å². The summed E-state index contributed by atoms with van der Waals surface area (Å²) in [4.78, 5) is 0. The number of aliphatic hydroxyl groups excluding tert-OH is 2. The molecule has 2 atom stereocenters. The molecule has 0 spiro atoms. The molecule has 0 aliphatic carbocycles. The third-order valence-corrected chi connectivity index (χ3v) is 2.77. The molecule has 96 valence electrons. The maximum Gasteiger partial charge on any atom is 0.123 e. The summed E-state index contributed by atoms with van der Waals surface area (Å²) in [5.74, 6) is -0.303. The molecule has 0 bridgehead atoms. The van der Waals surface area contributed by atoms with Gasteiger partial charge in [-0.05, 0) is 37.1 Å². The van der Waals surface area contributed by atoms with E-state index in [2.05, 4.69) is 5.32 Å². The first-order chi connectivity index (χ1) is 8.19. The van der Waals surface area contributed by atoms with E-state index in [0.29, 0.717) is 18.5 Å². The molecular weight excluding hydrogens is 221 g/mol. The smallest absolute Gasteiger partial charge is 0.123 e. The molecule has 0 saturated carbocycles. The predicted molar refractivity (Wildman–Crippen MR) is 65.1 cm³/mol. The summed E-state index contributed by atoms with van der Waals surface area (Å²) in [6, 6.07) is 5.80. The van der Waals surface area contributed by atoms with E-state index < -0.39 is 6.10 Å². The summed E-state index contributed by atoms with van der Waals surface area (Å²) in [5, 5.41) is 22.0. The lowest BCUT2D eigenvalue weighted by Gasteiger charge is -2.23. The van der Waals surface area contributed by atoms with E-state index in [4.69, 9.17) is 5.11 Å². The van der Waals surface area contributed by atoms with Gasteiger partial charge in [0.25, 0.3) is 0 Å². The summed E-state index contributed by atoms with van der Waals surface area (Å²) < 4.78 is 12.8. The highest BCUT2D eigenvalue weighted by Gasteiger charge is 2.18. The van der Waals surface area contributed by atoms with Crippen molar-refractivity contribution in [1.82, 2.24) is 5.32 Å². The predicted octanol–water partition coefficient (Wildman–Crippen LogP) is 1.61. The van der Waals surface area contributed by atoms with Gasteiger partial charge in [-0.3, -0.25) is 0 Å². The Morgan fingerprint density at radius 3 is 2.47 bits per heavy atom. The van der Waals surface area contributed by atoms with Crippen molar-refractivity contribution in [3.8, 4) is 0 Å². The Morgan fingerprint density at radius 1 is 1.29 bits per heavy atom. The van der Waals surface area contributed by atoms with Gasteiger partial charge in [-0.1, -0.05) is 19.1 Å². The van der Waals surface area contributed by atoms with Crippen LogP contribution in [0.5, 0.6) is 0 Å². The molecule has 17 heavy (non-hydrogen) atoms. The maximum atomic E-state index is 12.8. The number of rotatable bonds is 7. The van der Waals surface area contributed by atoms with Crippen LogP contribution in [0.1, 0.15) is 31.4 Å². The van der Waals surface area contributed by atoms with E-state index in [0.717, 1.165) is 6.42 Å². The lowest BCUT2D eigenvalue weighted by atomic mass is 10.0. The van der Waals surface area contributed by atoms with Gasteiger partial charge < -0.3 is 15.5 Å². The zero-order valence-electron chi connectivity index (χ0n) is 10.1. The molecule has 4 heteroatoms. The van der Waals surface area contributed by atoms with Gasteiger partial charge in [0, 0.05) is 12.6 Å². The molecule has 0 radical (unpaired) electrons. The number of nitrogens with one attached hydrogen (secondary N) is 1. The Bertz CT molecular complexity index is 316. The summed E-state index contributed by atoms with van der Waals surface area (Å²) in [6.07, 6.45) is 0.774. The molecule has 2 unspecified atom stereocenters. The van der Waals surface area contributed by atoms with Crippen LogP contribution in [0.4, 0.5) is 4.39 Å². The molecule has 0 aromatic heterocycles. The molecule has 0 fully saturated rings. The molecule has 0 amide bonds. The first-order valence-corrected chi connectivity index (χ1v) is 5.96. The zero-order chi connectivity index (χ0) is 12.7. The summed E-state index contributed by atoms with van der Waals surface area (Å²) >= 11 is 0. The number of hydrogen-bond acceptors (Lipinski definition) is 3. The van der Waals surface area contributed by atoms with Crippen molar-refractivity contribution in [3.05, 3.63) is 35.6 Å². The Kier molecular flexibility index (Phi) is 6.11. The normalized spacial score (nSPS) is 14.6. The number of aliphatic hydroxyl groups is 2. The van der Waals surface area contributed by atoms with Crippen LogP contribution < -0.4 is 5.32 Å². The van der Waals surface area contributed by atoms with Gasteiger partial charge in [0.15, 0.2) is 0 Å². The molecule has 1 rings (SSSR count). The van der Waals surface area contributed by atoms with Crippen LogP contribution in [0, 0.1) is 5.82 Å². The van der Waals surface area contributed by atoms with Gasteiger partial charge in [-0.25, -0.2) is 4.39 Å². The average Bonchev–Trinajstić information content (AvgIpc) is 2.35. The molecule has 0 heterocycles. The van der Waals surface area contributed by atoms with E-state index in [-0.39, 0.29) is 18.5 Å². The highest BCUT2D eigenvalue weighted by molar-refractivity contribution is 5.19. The topological polar surface area (TPSA) is 52.5 Å². The monoisotopic (exact) mass is 241 g/mol. The fourth-order valence-corrected chi connectivity index (χ4v) is 1.74. The van der Waals surface area contributed by atoms with Gasteiger partial charge in [0.1, 0.15) is 5.82 Å².